The largest absolute Gasteiger partial charge is 0.373 e. The van der Waals surface area contributed by atoms with Crippen LogP contribution in [-0.2, 0) is 0 Å². The zero-order valence-electron chi connectivity index (χ0n) is 12.2. The van der Waals surface area contributed by atoms with Gasteiger partial charge < -0.3 is 10.2 Å². The maximum atomic E-state index is 12.5. The van der Waals surface area contributed by atoms with Gasteiger partial charge in [0.15, 0.2) is 0 Å². The van der Waals surface area contributed by atoms with Gasteiger partial charge in [0.25, 0.3) is 5.91 Å². The molecule has 4 nitrogen and oxygen atoms in total. The number of hydrogen-bond donors (Lipinski definition) is 1. The minimum absolute atomic E-state index is 0.126. The molecule has 0 bridgehead atoms. The van der Waals surface area contributed by atoms with Crippen molar-refractivity contribution in [1.82, 2.24) is 9.88 Å². The minimum atomic E-state index is 0.126. The predicted molar refractivity (Wildman–Crippen MR) is 77.4 cm³/mol. The Kier molecular flexibility index (Phi) is 4.08. The molecule has 0 aliphatic carbocycles. The summed E-state index contributed by atoms with van der Waals surface area (Å²) in [5.41, 5.74) is 1.60. The first-order chi connectivity index (χ1) is 9.01. The molecular formula is C15H23N3O. The monoisotopic (exact) mass is 261 g/mol. The summed E-state index contributed by atoms with van der Waals surface area (Å²) in [5, 5.41) is 3.00. The number of rotatable bonds is 2. The fraction of sp³-hybridized carbons (Fsp3) is 0.600. The highest BCUT2D eigenvalue weighted by Gasteiger charge is 2.26. The fourth-order valence-corrected chi connectivity index (χ4v) is 2.55. The van der Waals surface area contributed by atoms with Crippen molar-refractivity contribution < 1.29 is 4.79 Å². The lowest BCUT2D eigenvalue weighted by atomic mass is 9.88. The van der Waals surface area contributed by atoms with E-state index in [4.69, 9.17) is 0 Å². The van der Waals surface area contributed by atoms with Crippen molar-refractivity contribution in [3.05, 3.63) is 23.4 Å². The maximum Gasteiger partial charge on any atom is 0.254 e. The topological polar surface area (TPSA) is 45.2 Å². The van der Waals surface area contributed by atoms with E-state index in [1.165, 1.54) is 0 Å². The third-order valence-electron chi connectivity index (χ3n) is 4.08. The van der Waals surface area contributed by atoms with Crippen molar-refractivity contribution in [1.29, 1.82) is 0 Å². The Bertz CT molecular complexity index is 472. The van der Waals surface area contributed by atoms with Crippen molar-refractivity contribution in [2.45, 2.75) is 27.2 Å². The molecule has 1 aromatic rings. The van der Waals surface area contributed by atoms with Gasteiger partial charge in [0.05, 0.1) is 0 Å². The van der Waals surface area contributed by atoms with E-state index in [-0.39, 0.29) is 5.91 Å². The first-order valence-electron chi connectivity index (χ1n) is 6.97. The first kappa shape index (κ1) is 13.8. The van der Waals surface area contributed by atoms with Gasteiger partial charge in [0.1, 0.15) is 5.82 Å². The molecule has 19 heavy (non-hydrogen) atoms. The van der Waals surface area contributed by atoms with Crippen LogP contribution in [-0.4, -0.2) is 35.9 Å². The molecule has 1 aliphatic rings. The van der Waals surface area contributed by atoms with Crippen molar-refractivity contribution >= 4 is 11.7 Å². The van der Waals surface area contributed by atoms with E-state index < -0.39 is 0 Å². The molecule has 0 spiro atoms. The summed E-state index contributed by atoms with van der Waals surface area (Å²) < 4.78 is 0. The first-order valence-corrected chi connectivity index (χ1v) is 6.97. The molecule has 2 unspecified atom stereocenters. The number of pyridine rings is 1. The average molecular weight is 261 g/mol. The predicted octanol–water partition coefficient (Wildman–Crippen LogP) is 2.55. The molecule has 1 saturated heterocycles. The Labute approximate surface area is 115 Å². The average Bonchev–Trinajstić information content (AvgIpc) is 2.40. The van der Waals surface area contributed by atoms with Crippen LogP contribution in [0.2, 0.25) is 0 Å². The summed E-state index contributed by atoms with van der Waals surface area (Å²) in [5.74, 6) is 2.16. The molecule has 2 atom stereocenters. The smallest absolute Gasteiger partial charge is 0.254 e. The number of likely N-dealkylation sites (tertiary alicyclic amines) is 1. The summed E-state index contributed by atoms with van der Waals surface area (Å²) in [7, 11) is 1.82. The number of carbonyl (C=O) groups is 1. The number of aromatic nitrogens is 1. The van der Waals surface area contributed by atoms with Gasteiger partial charge in [-0.15, -0.1) is 0 Å². The van der Waals surface area contributed by atoms with Crippen LogP contribution in [0.15, 0.2) is 12.1 Å². The second-order valence-corrected chi connectivity index (χ2v) is 5.63. The number of amides is 1. The van der Waals surface area contributed by atoms with Crippen LogP contribution in [0.25, 0.3) is 0 Å². The lowest BCUT2D eigenvalue weighted by Crippen LogP contribution is -2.42. The summed E-state index contributed by atoms with van der Waals surface area (Å²) in [6, 6.07) is 3.70. The molecule has 0 aromatic carbocycles. The van der Waals surface area contributed by atoms with E-state index in [0.29, 0.717) is 11.8 Å². The SMILES string of the molecule is CNc1cc(C(=O)N2CCC(C)C(C)C2)cc(C)n1. The Morgan fingerprint density at radius 3 is 2.74 bits per heavy atom. The number of nitrogens with zero attached hydrogens (tertiary/aromatic N) is 2. The molecule has 4 heteroatoms. The molecule has 1 aliphatic heterocycles. The molecule has 2 rings (SSSR count). The van der Waals surface area contributed by atoms with Gasteiger partial charge in [-0.05, 0) is 37.3 Å². The van der Waals surface area contributed by atoms with Crippen LogP contribution >= 0.6 is 0 Å². The molecule has 1 amide bonds. The zero-order chi connectivity index (χ0) is 14.0. The second-order valence-electron chi connectivity index (χ2n) is 5.63. The number of piperidine rings is 1. The van der Waals surface area contributed by atoms with Gasteiger partial charge in [-0.25, -0.2) is 4.98 Å². The Morgan fingerprint density at radius 2 is 2.11 bits per heavy atom. The molecular weight excluding hydrogens is 238 g/mol. The normalized spacial score (nSPS) is 23.3. The third-order valence-corrected chi connectivity index (χ3v) is 4.08. The van der Waals surface area contributed by atoms with E-state index in [9.17, 15) is 4.79 Å². The van der Waals surface area contributed by atoms with Crippen molar-refractivity contribution in [2.24, 2.45) is 11.8 Å². The maximum absolute atomic E-state index is 12.5. The molecule has 0 radical (unpaired) electrons. The fourth-order valence-electron chi connectivity index (χ4n) is 2.55. The Hall–Kier alpha value is -1.58. The standard InChI is InChI=1S/C15H23N3O/c1-10-5-6-18(9-11(10)2)15(19)13-7-12(3)17-14(8-13)16-4/h7-8,10-11H,5-6,9H2,1-4H3,(H,16,17). The zero-order valence-corrected chi connectivity index (χ0v) is 12.2. The van der Waals surface area contributed by atoms with Gasteiger partial charge >= 0.3 is 0 Å². The third kappa shape index (κ3) is 3.06. The molecule has 1 fully saturated rings. The van der Waals surface area contributed by atoms with Crippen LogP contribution in [0.4, 0.5) is 5.82 Å². The number of hydrogen-bond acceptors (Lipinski definition) is 3. The quantitative estimate of drug-likeness (QED) is 0.890. The highest BCUT2D eigenvalue weighted by molar-refractivity contribution is 5.95. The molecule has 0 saturated carbocycles. The summed E-state index contributed by atoms with van der Waals surface area (Å²) >= 11 is 0. The molecule has 1 aromatic heterocycles. The number of nitrogens with one attached hydrogen (secondary N) is 1. The number of aryl methyl sites for hydroxylation is 1. The number of anilines is 1. The van der Waals surface area contributed by atoms with Gasteiger partial charge in [0.2, 0.25) is 0 Å². The van der Waals surface area contributed by atoms with Gasteiger partial charge in [-0.1, -0.05) is 13.8 Å². The summed E-state index contributed by atoms with van der Waals surface area (Å²) in [4.78, 5) is 18.8. The summed E-state index contributed by atoms with van der Waals surface area (Å²) in [6.07, 6.45) is 1.09. The highest BCUT2D eigenvalue weighted by Crippen LogP contribution is 2.24. The lowest BCUT2D eigenvalue weighted by Gasteiger charge is -2.35. The van der Waals surface area contributed by atoms with Crippen LogP contribution in [0, 0.1) is 18.8 Å². The van der Waals surface area contributed by atoms with Crippen molar-refractivity contribution in [2.75, 3.05) is 25.5 Å². The molecule has 104 valence electrons. The molecule has 2 heterocycles. The van der Waals surface area contributed by atoms with Crippen LogP contribution in [0.5, 0.6) is 0 Å². The van der Waals surface area contributed by atoms with E-state index in [1.54, 1.807) is 0 Å². The minimum Gasteiger partial charge on any atom is -0.373 e. The van der Waals surface area contributed by atoms with Gasteiger partial charge in [-0.3, -0.25) is 4.79 Å². The molecule has 1 N–H and O–H groups in total. The lowest BCUT2D eigenvalue weighted by molar-refractivity contribution is 0.0627. The van der Waals surface area contributed by atoms with Gasteiger partial charge in [-0.2, -0.15) is 0 Å². The van der Waals surface area contributed by atoms with Gasteiger partial charge in [0, 0.05) is 31.4 Å². The Balaban J connectivity index is 2.17. The summed E-state index contributed by atoms with van der Waals surface area (Å²) in [6.45, 7) is 8.12. The van der Waals surface area contributed by atoms with Crippen LogP contribution < -0.4 is 5.32 Å². The Morgan fingerprint density at radius 1 is 1.37 bits per heavy atom. The van der Waals surface area contributed by atoms with Crippen molar-refractivity contribution in [3.8, 4) is 0 Å². The van der Waals surface area contributed by atoms with E-state index >= 15 is 0 Å². The van der Waals surface area contributed by atoms with E-state index in [0.717, 1.165) is 36.6 Å². The number of carbonyl (C=O) groups excluding carboxylic acids is 1. The van der Waals surface area contributed by atoms with E-state index in [2.05, 4.69) is 24.1 Å². The highest BCUT2D eigenvalue weighted by atomic mass is 16.2. The van der Waals surface area contributed by atoms with Crippen LogP contribution in [0.3, 0.4) is 0 Å². The van der Waals surface area contributed by atoms with E-state index in [1.807, 2.05) is 31.0 Å². The second kappa shape index (κ2) is 5.59. The van der Waals surface area contributed by atoms with Crippen molar-refractivity contribution in [3.63, 3.8) is 0 Å². The van der Waals surface area contributed by atoms with Crippen LogP contribution in [0.1, 0.15) is 36.3 Å².